The molecule has 0 radical (unpaired) electrons. The summed E-state index contributed by atoms with van der Waals surface area (Å²) in [4.78, 5) is 25.2. The van der Waals surface area contributed by atoms with E-state index < -0.39 is 0 Å². The van der Waals surface area contributed by atoms with Crippen LogP contribution in [0.15, 0.2) is 58.7 Å². The third kappa shape index (κ3) is 3.20. The Morgan fingerprint density at radius 1 is 1.20 bits per heavy atom. The zero-order chi connectivity index (χ0) is 17.2. The smallest absolute Gasteiger partial charge is 0.266 e. The van der Waals surface area contributed by atoms with Crippen LogP contribution >= 0.6 is 11.8 Å². The molecule has 0 aliphatic rings. The fraction of sp³-hybridized carbons (Fsp3) is 0.176. The molecule has 0 amide bonds. The number of imidazole rings is 1. The van der Waals surface area contributed by atoms with Crippen molar-refractivity contribution in [3.63, 3.8) is 0 Å². The van der Waals surface area contributed by atoms with Crippen LogP contribution in [0.4, 0.5) is 0 Å². The summed E-state index contributed by atoms with van der Waals surface area (Å²) in [6.07, 6.45) is 4.53. The second-order valence-corrected chi connectivity index (χ2v) is 6.62. The van der Waals surface area contributed by atoms with E-state index in [0.29, 0.717) is 16.6 Å². The molecule has 7 nitrogen and oxygen atoms in total. The molecular formula is C17H16N6OS. The van der Waals surface area contributed by atoms with Crippen molar-refractivity contribution in [2.24, 2.45) is 7.05 Å². The zero-order valence-corrected chi connectivity index (χ0v) is 14.4. The Hall–Kier alpha value is -2.87. The van der Waals surface area contributed by atoms with Gasteiger partial charge in [0.05, 0.1) is 0 Å². The molecule has 0 atom stereocenters. The van der Waals surface area contributed by atoms with Crippen LogP contribution in [0.3, 0.4) is 0 Å². The molecule has 4 rings (SSSR count). The molecule has 3 aromatic heterocycles. The summed E-state index contributed by atoms with van der Waals surface area (Å²) < 4.78 is 3.64. The van der Waals surface area contributed by atoms with Crippen LogP contribution in [-0.4, -0.2) is 34.9 Å². The molecule has 25 heavy (non-hydrogen) atoms. The van der Waals surface area contributed by atoms with Crippen LogP contribution in [-0.2, 0) is 13.5 Å². The minimum Gasteiger partial charge on any atom is -0.338 e. The van der Waals surface area contributed by atoms with E-state index >= 15 is 0 Å². The lowest BCUT2D eigenvalue weighted by atomic mass is 10.2. The van der Waals surface area contributed by atoms with Gasteiger partial charge >= 0.3 is 0 Å². The summed E-state index contributed by atoms with van der Waals surface area (Å²) in [7, 11) is 1.98. The lowest BCUT2D eigenvalue weighted by molar-refractivity contribution is 0.763. The number of nitrogens with zero attached hydrogens (tertiary/aromatic N) is 5. The highest BCUT2D eigenvalue weighted by atomic mass is 32.2. The van der Waals surface area contributed by atoms with E-state index in [1.54, 1.807) is 22.5 Å². The number of hydrogen-bond acceptors (Lipinski definition) is 5. The van der Waals surface area contributed by atoms with Gasteiger partial charge in [0.1, 0.15) is 5.82 Å². The first-order valence-corrected chi connectivity index (χ1v) is 8.83. The number of aromatic nitrogens is 6. The Kier molecular flexibility index (Phi) is 4.10. The zero-order valence-electron chi connectivity index (χ0n) is 13.6. The van der Waals surface area contributed by atoms with Crippen LogP contribution in [0.5, 0.6) is 0 Å². The molecule has 0 fully saturated rings. The number of aromatic amines is 1. The maximum atomic E-state index is 11.7. The number of fused-ring (bicyclic) bond motifs is 1. The molecule has 0 saturated heterocycles. The normalized spacial score (nSPS) is 11.2. The van der Waals surface area contributed by atoms with Crippen molar-refractivity contribution < 1.29 is 0 Å². The van der Waals surface area contributed by atoms with E-state index in [0.717, 1.165) is 23.6 Å². The number of hydrogen-bond donors (Lipinski definition) is 1. The van der Waals surface area contributed by atoms with E-state index in [2.05, 4.69) is 20.1 Å². The van der Waals surface area contributed by atoms with E-state index in [1.807, 2.05) is 48.1 Å². The third-order valence-electron chi connectivity index (χ3n) is 3.83. The molecular weight excluding hydrogens is 336 g/mol. The molecule has 4 aromatic rings. The van der Waals surface area contributed by atoms with Crippen molar-refractivity contribution in [3.8, 4) is 11.4 Å². The van der Waals surface area contributed by atoms with E-state index in [-0.39, 0.29) is 5.56 Å². The lowest BCUT2D eigenvalue weighted by Crippen LogP contribution is -2.06. The van der Waals surface area contributed by atoms with Crippen LogP contribution in [0, 0.1) is 0 Å². The van der Waals surface area contributed by atoms with Gasteiger partial charge in [-0.15, -0.1) is 0 Å². The minimum atomic E-state index is -0.189. The Morgan fingerprint density at radius 2 is 2.04 bits per heavy atom. The van der Waals surface area contributed by atoms with Crippen molar-refractivity contribution in [2.45, 2.75) is 11.6 Å². The quantitative estimate of drug-likeness (QED) is 0.557. The summed E-state index contributed by atoms with van der Waals surface area (Å²) in [6, 6.07) is 11.2. The molecule has 1 aromatic carbocycles. The predicted molar refractivity (Wildman–Crippen MR) is 96.7 cm³/mol. The number of aryl methyl sites for hydroxylation is 2. The summed E-state index contributed by atoms with van der Waals surface area (Å²) in [6.45, 7) is 0. The van der Waals surface area contributed by atoms with Crippen LogP contribution in [0.25, 0.3) is 17.0 Å². The third-order valence-corrected chi connectivity index (χ3v) is 4.77. The highest BCUT2D eigenvalue weighted by molar-refractivity contribution is 7.99. The van der Waals surface area contributed by atoms with Gasteiger partial charge in [-0.1, -0.05) is 42.1 Å². The molecule has 0 aliphatic heterocycles. The van der Waals surface area contributed by atoms with Gasteiger partial charge in [-0.25, -0.2) is 19.5 Å². The Labute approximate surface area is 147 Å². The SMILES string of the molecule is Cn1ccnc1CCSc1nc(-c2ccccc2)nc2cc(=O)[nH]n12. The van der Waals surface area contributed by atoms with E-state index in [1.165, 1.54) is 6.07 Å². The topological polar surface area (TPSA) is 80.9 Å². The monoisotopic (exact) mass is 352 g/mol. The molecule has 0 bridgehead atoms. The van der Waals surface area contributed by atoms with Gasteiger partial charge in [-0.05, 0) is 0 Å². The Balaban J connectivity index is 1.66. The van der Waals surface area contributed by atoms with Gasteiger partial charge in [-0.2, -0.15) is 0 Å². The standard InChI is InChI=1S/C17H16N6OS/c1-22-9-8-18-13(22)7-10-25-17-20-16(12-5-3-2-4-6-12)19-14-11-15(24)21-23(14)17/h2-6,8-9,11H,7,10H2,1H3,(H,21,24). The van der Waals surface area contributed by atoms with E-state index in [9.17, 15) is 4.79 Å². The average molecular weight is 352 g/mol. The van der Waals surface area contributed by atoms with Gasteiger partial charge < -0.3 is 4.57 Å². The first kappa shape index (κ1) is 15.6. The highest BCUT2D eigenvalue weighted by Crippen LogP contribution is 2.21. The van der Waals surface area contributed by atoms with Crippen LogP contribution < -0.4 is 5.56 Å². The number of nitrogens with one attached hydrogen (secondary N) is 1. The Morgan fingerprint density at radius 3 is 2.80 bits per heavy atom. The fourth-order valence-electron chi connectivity index (χ4n) is 2.57. The number of benzene rings is 1. The van der Waals surface area contributed by atoms with Crippen LogP contribution in [0.2, 0.25) is 0 Å². The average Bonchev–Trinajstić information content (AvgIpc) is 3.20. The minimum absolute atomic E-state index is 0.189. The maximum absolute atomic E-state index is 11.7. The summed E-state index contributed by atoms with van der Waals surface area (Å²) in [5.41, 5.74) is 1.30. The molecule has 3 heterocycles. The van der Waals surface area contributed by atoms with Crippen LogP contribution in [0.1, 0.15) is 5.82 Å². The first-order chi connectivity index (χ1) is 12.2. The molecule has 1 N–H and O–H groups in total. The molecule has 0 saturated carbocycles. The van der Waals surface area contributed by atoms with Gasteiger partial charge in [0.2, 0.25) is 0 Å². The number of rotatable bonds is 5. The van der Waals surface area contributed by atoms with Crippen molar-refractivity contribution in [1.29, 1.82) is 0 Å². The second-order valence-electron chi connectivity index (χ2n) is 5.56. The van der Waals surface area contributed by atoms with Crippen molar-refractivity contribution in [1.82, 2.24) is 29.1 Å². The van der Waals surface area contributed by atoms with Gasteiger partial charge in [0, 0.05) is 43.2 Å². The second kappa shape index (κ2) is 6.56. The van der Waals surface area contributed by atoms with Gasteiger partial charge in [-0.3, -0.25) is 9.89 Å². The fourth-order valence-corrected chi connectivity index (χ4v) is 3.45. The van der Waals surface area contributed by atoms with Gasteiger partial charge in [0.15, 0.2) is 16.6 Å². The lowest BCUT2D eigenvalue weighted by Gasteiger charge is -2.07. The Bertz CT molecular complexity index is 1070. The summed E-state index contributed by atoms with van der Waals surface area (Å²) >= 11 is 1.57. The molecule has 8 heteroatoms. The molecule has 0 spiro atoms. The summed E-state index contributed by atoms with van der Waals surface area (Å²) in [5.74, 6) is 2.42. The van der Waals surface area contributed by atoms with Gasteiger partial charge in [0.25, 0.3) is 5.56 Å². The van der Waals surface area contributed by atoms with E-state index in [4.69, 9.17) is 0 Å². The predicted octanol–water partition coefficient (Wildman–Crippen LogP) is 2.15. The van der Waals surface area contributed by atoms with Crippen molar-refractivity contribution in [2.75, 3.05) is 5.75 Å². The number of H-pyrrole nitrogens is 1. The largest absolute Gasteiger partial charge is 0.338 e. The molecule has 126 valence electrons. The maximum Gasteiger partial charge on any atom is 0.266 e. The van der Waals surface area contributed by atoms with Crippen molar-refractivity contribution in [3.05, 3.63) is 65.0 Å². The van der Waals surface area contributed by atoms with Crippen molar-refractivity contribution >= 4 is 17.4 Å². The molecule has 0 aliphatic carbocycles. The summed E-state index contributed by atoms with van der Waals surface area (Å²) in [5, 5.41) is 3.46. The molecule has 0 unspecified atom stereocenters. The highest BCUT2D eigenvalue weighted by Gasteiger charge is 2.11. The number of thioether (sulfide) groups is 1. The first-order valence-electron chi connectivity index (χ1n) is 7.85.